The highest BCUT2D eigenvalue weighted by atomic mass is 19.4. The minimum Gasteiger partial charge on any atom is -0.348 e. The minimum absolute atomic E-state index is 0.0675. The van der Waals surface area contributed by atoms with Crippen LogP contribution in [0.15, 0.2) is 42.7 Å². The number of benzene rings is 1. The molecule has 3 aromatic rings. The molecule has 0 bridgehead atoms. The van der Waals surface area contributed by atoms with Crippen molar-refractivity contribution in [1.82, 2.24) is 20.1 Å². The van der Waals surface area contributed by atoms with E-state index >= 15 is 0 Å². The summed E-state index contributed by atoms with van der Waals surface area (Å²) in [5.41, 5.74) is 0.990. The highest BCUT2D eigenvalue weighted by molar-refractivity contribution is 5.80. The molecule has 4 rings (SSSR count). The van der Waals surface area contributed by atoms with Crippen molar-refractivity contribution in [2.24, 2.45) is 0 Å². The van der Waals surface area contributed by atoms with Crippen LogP contribution in [0.5, 0.6) is 0 Å². The lowest BCUT2D eigenvalue weighted by atomic mass is 9.95. The highest BCUT2D eigenvalue weighted by Gasteiger charge is 2.52. The first kappa shape index (κ1) is 22.2. The van der Waals surface area contributed by atoms with Crippen LogP contribution < -0.4 is 5.32 Å². The van der Waals surface area contributed by atoms with Gasteiger partial charge in [-0.05, 0) is 37.0 Å². The first-order chi connectivity index (χ1) is 15.1. The van der Waals surface area contributed by atoms with E-state index < -0.39 is 30.6 Å². The third-order valence-corrected chi connectivity index (χ3v) is 5.80. The normalized spacial score (nSPS) is 16.3. The van der Waals surface area contributed by atoms with Crippen LogP contribution >= 0.6 is 0 Å². The number of halogens is 5. The molecular weight excluding hydrogens is 431 g/mol. The SMILES string of the molecule is C[C@@H](NC(=O)Cc1ccc(C2(C(F)F)CC2)cc1)c1cc2cnn(CC(F)(F)F)c2cn1. The number of hydrogen-bond acceptors (Lipinski definition) is 3. The molecule has 10 heteroatoms. The van der Waals surface area contributed by atoms with Crippen LogP contribution in [0.2, 0.25) is 0 Å². The van der Waals surface area contributed by atoms with E-state index in [-0.39, 0.29) is 17.8 Å². The van der Waals surface area contributed by atoms with Gasteiger partial charge in [-0.1, -0.05) is 24.3 Å². The second-order valence-corrected chi connectivity index (χ2v) is 8.21. The number of amides is 1. The predicted molar refractivity (Wildman–Crippen MR) is 107 cm³/mol. The smallest absolute Gasteiger partial charge is 0.348 e. The largest absolute Gasteiger partial charge is 0.408 e. The molecule has 0 saturated heterocycles. The van der Waals surface area contributed by atoms with E-state index in [4.69, 9.17) is 0 Å². The maximum Gasteiger partial charge on any atom is 0.408 e. The van der Waals surface area contributed by atoms with Gasteiger partial charge in [0, 0.05) is 5.39 Å². The minimum atomic E-state index is -4.39. The first-order valence-electron chi connectivity index (χ1n) is 10.1. The van der Waals surface area contributed by atoms with Crippen molar-refractivity contribution < 1.29 is 26.7 Å². The summed E-state index contributed by atoms with van der Waals surface area (Å²) in [4.78, 5) is 16.6. The van der Waals surface area contributed by atoms with Crippen molar-refractivity contribution in [1.29, 1.82) is 0 Å². The van der Waals surface area contributed by atoms with Crippen molar-refractivity contribution >= 4 is 16.8 Å². The highest BCUT2D eigenvalue weighted by Crippen LogP contribution is 2.52. The molecule has 2 heterocycles. The number of hydrogen-bond donors (Lipinski definition) is 1. The van der Waals surface area contributed by atoms with Gasteiger partial charge in [0.05, 0.1) is 41.5 Å². The van der Waals surface area contributed by atoms with Gasteiger partial charge in [0.25, 0.3) is 0 Å². The maximum absolute atomic E-state index is 13.2. The van der Waals surface area contributed by atoms with E-state index in [1.807, 2.05) is 0 Å². The Kier molecular flexibility index (Phi) is 5.64. The Morgan fingerprint density at radius 1 is 1.19 bits per heavy atom. The molecule has 1 aliphatic carbocycles. The summed E-state index contributed by atoms with van der Waals surface area (Å²) in [6.45, 7) is 0.510. The second-order valence-electron chi connectivity index (χ2n) is 8.21. The Hall–Kier alpha value is -3.04. The third kappa shape index (κ3) is 4.58. The van der Waals surface area contributed by atoms with E-state index in [1.165, 1.54) is 12.4 Å². The molecule has 5 nitrogen and oxygen atoms in total. The molecule has 1 saturated carbocycles. The number of nitrogens with one attached hydrogen (secondary N) is 1. The predicted octanol–water partition coefficient (Wildman–Crippen LogP) is 4.71. The molecule has 2 aromatic heterocycles. The zero-order valence-electron chi connectivity index (χ0n) is 17.2. The van der Waals surface area contributed by atoms with Crippen LogP contribution in [0.1, 0.15) is 42.6 Å². The molecule has 1 aromatic carbocycles. The van der Waals surface area contributed by atoms with E-state index in [9.17, 15) is 26.7 Å². The molecule has 0 aliphatic heterocycles. The number of carbonyl (C=O) groups excluding carboxylic acids is 1. The number of alkyl halides is 5. The van der Waals surface area contributed by atoms with Gasteiger partial charge in [0.15, 0.2) is 0 Å². The average Bonchev–Trinajstić information content (AvgIpc) is 3.45. The Morgan fingerprint density at radius 3 is 2.47 bits per heavy atom. The van der Waals surface area contributed by atoms with Gasteiger partial charge in [0.1, 0.15) is 6.54 Å². The van der Waals surface area contributed by atoms with Crippen LogP contribution in [0, 0.1) is 0 Å². The number of rotatable bonds is 7. The lowest BCUT2D eigenvalue weighted by Crippen LogP contribution is -2.28. The fourth-order valence-corrected chi connectivity index (χ4v) is 3.80. The van der Waals surface area contributed by atoms with Crippen LogP contribution in [0.25, 0.3) is 10.9 Å². The van der Waals surface area contributed by atoms with Gasteiger partial charge in [-0.25, -0.2) is 8.78 Å². The number of fused-ring (bicyclic) bond motifs is 1. The molecule has 1 atom stereocenters. The monoisotopic (exact) mass is 452 g/mol. The molecule has 0 spiro atoms. The molecule has 1 N–H and O–H groups in total. The lowest BCUT2D eigenvalue weighted by Gasteiger charge is -2.16. The van der Waals surface area contributed by atoms with Crippen LogP contribution in [0.4, 0.5) is 22.0 Å². The number of nitrogens with zero attached hydrogens (tertiary/aromatic N) is 3. The van der Waals surface area contributed by atoms with E-state index in [1.54, 1.807) is 37.3 Å². The van der Waals surface area contributed by atoms with Crippen molar-refractivity contribution in [3.63, 3.8) is 0 Å². The average molecular weight is 452 g/mol. The summed E-state index contributed by atoms with van der Waals surface area (Å²) in [5, 5.41) is 7.05. The summed E-state index contributed by atoms with van der Waals surface area (Å²) < 4.78 is 65.2. The first-order valence-corrected chi connectivity index (χ1v) is 10.1. The van der Waals surface area contributed by atoms with Crippen molar-refractivity contribution in [2.45, 2.75) is 56.8 Å². The van der Waals surface area contributed by atoms with Gasteiger partial charge in [0.2, 0.25) is 12.3 Å². The van der Waals surface area contributed by atoms with Crippen LogP contribution in [-0.4, -0.2) is 33.3 Å². The molecular formula is C22H21F5N4O. The standard InChI is InChI=1S/C22H21F5N4O/c1-13(17-9-15-10-29-31(12-22(25,26)27)18(15)11-28-17)30-19(32)8-14-2-4-16(5-3-14)21(6-7-21)20(23)24/h2-5,9-11,13,20H,6-8,12H2,1H3,(H,30,32)/t13-/m1/s1. The molecule has 0 radical (unpaired) electrons. The summed E-state index contributed by atoms with van der Waals surface area (Å²) >= 11 is 0. The fraction of sp³-hybridized carbons (Fsp3) is 0.409. The lowest BCUT2D eigenvalue weighted by molar-refractivity contribution is -0.141. The van der Waals surface area contributed by atoms with Crippen molar-refractivity contribution in [3.05, 3.63) is 59.5 Å². The van der Waals surface area contributed by atoms with Gasteiger partial charge < -0.3 is 5.32 Å². The summed E-state index contributed by atoms with van der Waals surface area (Å²) in [6.07, 6.45) is -3.16. The maximum atomic E-state index is 13.2. The number of carbonyl (C=O) groups is 1. The Labute approximate surface area is 180 Å². The Morgan fingerprint density at radius 2 is 1.88 bits per heavy atom. The quantitative estimate of drug-likeness (QED) is 0.529. The van der Waals surface area contributed by atoms with Gasteiger partial charge >= 0.3 is 6.18 Å². The third-order valence-electron chi connectivity index (χ3n) is 5.80. The van der Waals surface area contributed by atoms with E-state index in [2.05, 4.69) is 15.4 Å². The second kappa shape index (κ2) is 8.14. The molecule has 1 amide bonds. The summed E-state index contributed by atoms with van der Waals surface area (Å²) in [5.74, 6) is -0.282. The zero-order chi connectivity index (χ0) is 23.1. The van der Waals surface area contributed by atoms with E-state index in [0.717, 1.165) is 4.68 Å². The Bertz CT molecular complexity index is 1120. The van der Waals surface area contributed by atoms with Crippen molar-refractivity contribution in [3.8, 4) is 0 Å². The zero-order valence-corrected chi connectivity index (χ0v) is 17.2. The van der Waals surface area contributed by atoms with Crippen LogP contribution in [0.3, 0.4) is 0 Å². The summed E-state index contributed by atoms with van der Waals surface area (Å²) in [6, 6.07) is 7.78. The van der Waals surface area contributed by atoms with E-state index in [0.29, 0.717) is 35.0 Å². The number of pyridine rings is 1. The van der Waals surface area contributed by atoms with Crippen LogP contribution in [-0.2, 0) is 23.2 Å². The molecule has 1 fully saturated rings. The Balaban J connectivity index is 1.39. The molecule has 32 heavy (non-hydrogen) atoms. The molecule has 1 aliphatic rings. The topological polar surface area (TPSA) is 59.8 Å². The van der Waals surface area contributed by atoms with Gasteiger partial charge in [-0.2, -0.15) is 18.3 Å². The van der Waals surface area contributed by atoms with Gasteiger partial charge in [-0.3, -0.25) is 14.5 Å². The number of aromatic nitrogens is 3. The van der Waals surface area contributed by atoms with Gasteiger partial charge in [-0.15, -0.1) is 0 Å². The fourth-order valence-electron chi connectivity index (χ4n) is 3.80. The molecule has 170 valence electrons. The molecule has 0 unspecified atom stereocenters. The summed E-state index contributed by atoms with van der Waals surface area (Å²) in [7, 11) is 0. The van der Waals surface area contributed by atoms with Crippen molar-refractivity contribution in [2.75, 3.05) is 0 Å².